The van der Waals surface area contributed by atoms with Gasteiger partial charge in [0.15, 0.2) is 0 Å². The Labute approximate surface area is 185 Å². The van der Waals surface area contributed by atoms with E-state index in [1.807, 2.05) is 73.5 Å². The Morgan fingerprint density at radius 3 is 2.23 bits per heavy atom. The zero-order valence-corrected chi connectivity index (χ0v) is 18.8. The molecule has 0 unspecified atom stereocenters. The number of amides is 2. The molecule has 2 amide bonds. The number of benzene rings is 2. The number of carbonyl (C=O) groups is 2. The van der Waals surface area contributed by atoms with Crippen LogP contribution in [0.5, 0.6) is 5.75 Å². The lowest BCUT2D eigenvalue weighted by Crippen LogP contribution is -2.34. The van der Waals surface area contributed by atoms with Crippen LogP contribution in [0.4, 0.5) is 0 Å². The van der Waals surface area contributed by atoms with Gasteiger partial charge in [0.25, 0.3) is 11.8 Å². The molecule has 0 bridgehead atoms. The zero-order valence-electron chi connectivity index (χ0n) is 18.8. The average molecular weight is 421 g/mol. The second kappa shape index (κ2) is 10.8. The van der Waals surface area contributed by atoms with E-state index in [-0.39, 0.29) is 11.8 Å². The van der Waals surface area contributed by atoms with Crippen LogP contribution in [0.3, 0.4) is 0 Å². The minimum absolute atomic E-state index is 0.205. The Hall–Kier alpha value is -3.08. The summed E-state index contributed by atoms with van der Waals surface area (Å²) in [5.41, 5.74) is 2.77. The van der Waals surface area contributed by atoms with Gasteiger partial charge in [0.05, 0.1) is 12.2 Å². The van der Waals surface area contributed by atoms with Crippen molar-refractivity contribution < 1.29 is 14.3 Å². The molecule has 0 N–H and O–H groups in total. The summed E-state index contributed by atoms with van der Waals surface area (Å²) in [7, 11) is 1.88. The monoisotopic (exact) mass is 420 g/mol. The molecule has 1 heterocycles. The molecule has 0 fully saturated rings. The minimum Gasteiger partial charge on any atom is -0.494 e. The van der Waals surface area contributed by atoms with Gasteiger partial charge in [0.2, 0.25) is 0 Å². The molecule has 5 heteroatoms. The Morgan fingerprint density at radius 1 is 0.871 bits per heavy atom. The Kier molecular flexibility index (Phi) is 7.88. The third-order valence-corrected chi connectivity index (χ3v) is 5.48. The van der Waals surface area contributed by atoms with Crippen molar-refractivity contribution in [2.24, 2.45) is 0 Å². The first-order valence-electron chi connectivity index (χ1n) is 11.2. The normalized spacial score (nSPS) is 13.8. The van der Waals surface area contributed by atoms with E-state index in [2.05, 4.69) is 6.92 Å². The number of hydrogen-bond donors (Lipinski definition) is 0. The number of hydrogen-bond acceptors (Lipinski definition) is 4. The molecule has 0 aliphatic carbocycles. The van der Waals surface area contributed by atoms with Crippen LogP contribution in [-0.2, 0) is 16.1 Å². The van der Waals surface area contributed by atoms with Gasteiger partial charge in [-0.25, -0.2) is 0 Å². The van der Waals surface area contributed by atoms with E-state index in [1.165, 1.54) is 4.90 Å². The fourth-order valence-corrected chi connectivity index (χ4v) is 3.90. The predicted octanol–water partition coefficient (Wildman–Crippen LogP) is 4.88. The van der Waals surface area contributed by atoms with Crippen LogP contribution in [0, 0.1) is 0 Å². The first-order valence-corrected chi connectivity index (χ1v) is 11.2. The number of likely N-dealkylation sites (N-methyl/N-ethyl adjacent to an activating group) is 1. The van der Waals surface area contributed by atoms with Crippen molar-refractivity contribution in [1.29, 1.82) is 0 Å². The lowest BCUT2D eigenvalue weighted by atomic mass is 10.0. The van der Waals surface area contributed by atoms with E-state index < -0.39 is 0 Å². The van der Waals surface area contributed by atoms with Crippen LogP contribution in [0.1, 0.15) is 50.7 Å². The smallest absolute Gasteiger partial charge is 0.277 e. The molecule has 0 spiro atoms. The van der Waals surface area contributed by atoms with Crippen LogP contribution in [0.25, 0.3) is 5.57 Å². The standard InChI is InChI=1S/C26H32N2O3/c1-4-6-7-11-18-28-25(29)23(21-14-16-22(17-15-21)31-5-2)24(26(28)30)27(3)19-20-12-9-8-10-13-20/h8-10,12-17H,4-7,11,18-19H2,1-3H3. The van der Waals surface area contributed by atoms with Crippen molar-refractivity contribution in [3.05, 3.63) is 71.4 Å². The van der Waals surface area contributed by atoms with E-state index in [0.29, 0.717) is 31.0 Å². The highest BCUT2D eigenvalue weighted by atomic mass is 16.5. The molecule has 5 nitrogen and oxygen atoms in total. The molecule has 1 aliphatic rings. The summed E-state index contributed by atoms with van der Waals surface area (Å²) in [6, 6.07) is 17.4. The molecule has 0 saturated heterocycles. The van der Waals surface area contributed by atoms with E-state index in [9.17, 15) is 9.59 Å². The molecule has 2 aromatic carbocycles. The maximum atomic E-state index is 13.3. The number of carbonyl (C=O) groups excluding carboxylic acids is 2. The van der Waals surface area contributed by atoms with Gasteiger partial charge in [0.1, 0.15) is 11.4 Å². The molecule has 0 saturated carbocycles. The van der Waals surface area contributed by atoms with E-state index in [4.69, 9.17) is 4.74 Å². The van der Waals surface area contributed by atoms with E-state index >= 15 is 0 Å². The first kappa shape index (κ1) is 22.6. The summed E-state index contributed by atoms with van der Waals surface area (Å²) >= 11 is 0. The van der Waals surface area contributed by atoms with Gasteiger partial charge in [-0.15, -0.1) is 0 Å². The van der Waals surface area contributed by atoms with Crippen LogP contribution in [-0.4, -0.2) is 41.8 Å². The summed E-state index contributed by atoms with van der Waals surface area (Å²) < 4.78 is 5.53. The summed E-state index contributed by atoms with van der Waals surface area (Å²) in [5, 5.41) is 0. The van der Waals surface area contributed by atoms with Gasteiger partial charge in [-0.3, -0.25) is 14.5 Å². The van der Waals surface area contributed by atoms with Crippen molar-refractivity contribution in [1.82, 2.24) is 9.80 Å². The topological polar surface area (TPSA) is 49.9 Å². The van der Waals surface area contributed by atoms with E-state index in [0.717, 1.165) is 42.6 Å². The van der Waals surface area contributed by atoms with Gasteiger partial charge in [0, 0.05) is 20.1 Å². The molecular formula is C26H32N2O3. The number of ether oxygens (including phenoxy) is 1. The number of rotatable bonds is 11. The molecule has 1 aliphatic heterocycles. The summed E-state index contributed by atoms with van der Waals surface area (Å²) in [5.74, 6) is 0.337. The third kappa shape index (κ3) is 5.35. The SMILES string of the molecule is CCCCCCN1C(=O)C(c2ccc(OCC)cc2)=C(N(C)Cc2ccccc2)C1=O. The van der Waals surface area contributed by atoms with Crippen LogP contribution in [0.2, 0.25) is 0 Å². The highest BCUT2D eigenvalue weighted by Gasteiger charge is 2.40. The van der Waals surface area contributed by atoms with Crippen molar-refractivity contribution in [3.8, 4) is 5.75 Å². The lowest BCUT2D eigenvalue weighted by molar-refractivity contribution is -0.137. The second-order valence-electron chi connectivity index (χ2n) is 7.85. The maximum absolute atomic E-state index is 13.3. The largest absolute Gasteiger partial charge is 0.494 e. The molecule has 0 radical (unpaired) electrons. The highest BCUT2D eigenvalue weighted by molar-refractivity contribution is 6.35. The number of nitrogens with zero attached hydrogens (tertiary/aromatic N) is 2. The molecular weight excluding hydrogens is 388 g/mol. The third-order valence-electron chi connectivity index (χ3n) is 5.48. The fourth-order valence-electron chi connectivity index (χ4n) is 3.90. The van der Waals surface area contributed by atoms with Crippen molar-refractivity contribution >= 4 is 17.4 Å². The maximum Gasteiger partial charge on any atom is 0.277 e. The number of imide groups is 1. The minimum atomic E-state index is -0.208. The predicted molar refractivity (Wildman–Crippen MR) is 123 cm³/mol. The van der Waals surface area contributed by atoms with E-state index in [1.54, 1.807) is 0 Å². The second-order valence-corrected chi connectivity index (χ2v) is 7.85. The van der Waals surface area contributed by atoms with Gasteiger partial charge in [-0.05, 0) is 36.6 Å². The van der Waals surface area contributed by atoms with Crippen LogP contribution >= 0.6 is 0 Å². The molecule has 0 atom stereocenters. The van der Waals surface area contributed by atoms with Gasteiger partial charge < -0.3 is 9.64 Å². The molecule has 3 rings (SSSR count). The zero-order chi connectivity index (χ0) is 22.2. The molecule has 31 heavy (non-hydrogen) atoms. The summed E-state index contributed by atoms with van der Waals surface area (Å²) in [4.78, 5) is 30.0. The van der Waals surface area contributed by atoms with Gasteiger partial charge in [-0.1, -0.05) is 68.7 Å². The summed E-state index contributed by atoms with van der Waals surface area (Å²) in [6.07, 6.45) is 4.07. The van der Waals surface area contributed by atoms with Gasteiger partial charge >= 0.3 is 0 Å². The quantitative estimate of drug-likeness (QED) is 0.384. The molecule has 0 aromatic heterocycles. The average Bonchev–Trinajstić information content (AvgIpc) is 3.03. The first-order chi connectivity index (χ1) is 15.1. The highest BCUT2D eigenvalue weighted by Crippen LogP contribution is 2.33. The Balaban J connectivity index is 1.91. The van der Waals surface area contributed by atoms with Gasteiger partial charge in [-0.2, -0.15) is 0 Å². The Morgan fingerprint density at radius 2 is 1.58 bits per heavy atom. The molecule has 164 valence electrons. The van der Waals surface area contributed by atoms with Crippen molar-refractivity contribution in [3.63, 3.8) is 0 Å². The Bertz CT molecular complexity index is 919. The van der Waals surface area contributed by atoms with Crippen LogP contribution < -0.4 is 4.74 Å². The number of unbranched alkanes of at least 4 members (excludes halogenated alkanes) is 3. The lowest BCUT2D eigenvalue weighted by Gasteiger charge is -2.21. The fraction of sp³-hybridized carbons (Fsp3) is 0.385. The van der Waals surface area contributed by atoms with Crippen molar-refractivity contribution in [2.75, 3.05) is 20.2 Å². The summed E-state index contributed by atoms with van der Waals surface area (Å²) in [6.45, 7) is 5.67. The van der Waals surface area contributed by atoms with Crippen LogP contribution in [0.15, 0.2) is 60.3 Å². The van der Waals surface area contributed by atoms with Crippen molar-refractivity contribution in [2.45, 2.75) is 46.1 Å². The molecule has 2 aromatic rings.